The second-order valence-electron chi connectivity index (χ2n) is 5.56. The maximum absolute atomic E-state index is 13.5. The van der Waals surface area contributed by atoms with Gasteiger partial charge in [-0.3, -0.25) is 4.79 Å². The number of hydrogen-bond acceptors (Lipinski definition) is 3. The molecule has 5 heteroatoms. The number of halogens is 1. The zero-order valence-corrected chi connectivity index (χ0v) is 11.9. The van der Waals surface area contributed by atoms with Crippen LogP contribution in [0, 0.1) is 11.7 Å². The lowest BCUT2D eigenvalue weighted by Gasteiger charge is -2.29. The molecule has 110 valence electrons. The van der Waals surface area contributed by atoms with Gasteiger partial charge in [0.25, 0.3) is 0 Å². The molecule has 4 nitrogen and oxygen atoms in total. The Balaban J connectivity index is 1.79. The molecule has 1 heterocycles. The number of carbonyl (C=O) groups excluding carboxylic acids is 1. The van der Waals surface area contributed by atoms with Crippen LogP contribution in [0.25, 0.3) is 0 Å². The molecular formula is C15H22FN3O. The van der Waals surface area contributed by atoms with Gasteiger partial charge in [0.05, 0.1) is 5.69 Å². The van der Waals surface area contributed by atoms with Crippen molar-refractivity contribution in [1.29, 1.82) is 0 Å². The van der Waals surface area contributed by atoms with Crippen LogP contribution in [0.5, 0.6) is 0 Å². The van der Waals surface area contributed by atoms with Crippen molar-refractivity contribution >= 4 is 17.3 Å². The summed E-state index contributed by atoms with van der Waals surface area (Å²) in [5, 5.41) is 2.58. The van der Waals surface area contributed by atoms with E-state index in [1.165, 1.54) is 31.0 Å². The van der Waals surface area contributed by atoms with Crippen LogP contribution in [0.4, 0.5) is 15.8 Å². The van der Waals surface area contributed by atoms with E-state index in [4.69, 9.17) is 5.73 Å². The Morgan fingerprint density at radius 2 is 2.15 bits per heavy atom. The predicted molar refractivity (Wildman–Crippen MR) is 78.9 cm³/mol. The average Bonchev–Trinajstić information content (AvgIpc) is 2.42. The Bertz CT molecular complexity index is 470. The topological polar surface area (TPSA) is 58.4 Å². The van der Waals surface area contributed by atoms with Crippen LogP contribution in [0.1, 0.15) is 26.2 Å². The highest BCUT2D eigenvalue weighted by Crippen LogP contribution is 2.18. The lowest BCUT2D eigenvalue weighted by molar-refractivity contribution is -0.116. The Kier molecular flexibility index (Phi) is 4.95. The SMILES string of the molecule is CC1CCN(CCC(=O)Nc2cc(N)ccc2F)CC1. The number of anilines is 2. The van der Waals surface area contributed by atoms with Gasteiger partial charge in [0, 0.05) is 18.7 Å². The first-order chi connectivity index (χ1) is 9.54. The summed E-state index contributed by atoms with van der Waals surface area (Å²) in [7, 11) is 0. The highest BCUT2D eigenvalue weighted by molar-refractivity contribution is 5.91. The molecule has 3 N–H and O–H groups in total. The van der Waals surface area contributed by atoms with E-state index in [9.17, 15) is 9.18 Å². The number of likely N-dealkylation sites (tertiary alicyclic amines) is 1. The van der Waals surface area contributed by atoms with Crippen LogP contribution >= 0.6 is 0 Å². The molecule has 0 atom stereocenters. The molecule has 20 heavy (non-hydrogen) atoms. The fraction of sp³-hybridized carbons (Fsp3) is 0.533. The summed E-state index contributed by atoms with van der Waals surface area (Å²) < 4.78 is 13.5. The van der Waals surface area contributed by atoms with E-state index in [1.54, 1.807) is 0 Å². The first-order valence-corrected chi connectivity index (χ1v) is 7.12. The Hall–Kier alpha value is -1.62. The molecule has 1 amide bonds. The van der Waals surface area contributed by atoms with Crippen LogP contribution in [-0.4, -0.2) is 30.4 Å². The number of rotatable bonds is 4. The summed E-state index contributed by atoms with van der Waals surface area (Å²) in [4.78, 5) is 14.1. The monoisotopic (exact) mass is 279 g/mol. The van der Waals surface area contributed by atoms with E-state index in [1.807, 2.05) is 0 Å². The van der Waals surface area contributed by atoms with Crippen LogP contribution < -0.4 is 11.1 Å². The number of carbonyl (C=O) groups is 1. The molecule has 1 aliphatic rings. The van der Waals surface area contributed by atoms with Gasteiger partial charge < -0.3 is 16.0 Å². The second kappa shape index (κ2) is 6.70. The first-order valence-electron chi connectivity index (χ1n) is 7.12. The predicted octanol–water partition coefficient (Wildman–Crippen LogP) is 2.47. The zero-order valence-electron chi connectivity index (χ0n) is 11.9. The van der Waals surface area contributed by atoms with Gasteiger partial charge in [0.2, 0.25) is 5.91 Å². The van der Waals surface area contributed by atoms with Crippen LogP contribution in [-0.2, 0) is 4.79 Å². The molecule has 0 bridgehead atoms. The maximum Gasteiger partial charge on any atom is 0.225 e. The van der Waals surface area contributed by atoms with Crippen molar-refractivity contribution in [2.45, 2.75) is 26.2 Å². The lowest BCUT2D eigenvalue weighted by Crippen LogP contribution is -2.35. The molecule has 0 radical (unpaired) electrons. The van der Waals surface area contributed by atoms with Gasteiger partial charge in [-0.05, 0) is 50.0 Å². The van der Waals surface area contributed by atoms with Gasteiger partial charge in [-0.15, -0.1) is 0 Å². The number of nitrogen functional groups attached to an aromatic ring is 1. The van der Waals surface area contributed by atoms with Gasteiger partial charge in [0.15, 0.2) is 0 Å². The maximum atomic E-state index is 13.5. The van der Waals surface area contributed by atoms with E-state index in [2.05, 4.69) is 17.1 Å². The molecule has 0 spiro atoms. The molecule has 0 unspecified atom stereocenters. The molecule has 1 aromatic rings. The van der Waals surface area contributed by atoms with E-state index >= 15 is 0 Å². The summed E-state index contributed by atoms with van der Waals surface area (Å²) >= 11 is 0. The third-order valence-corrected chi connectivity index (χ3v) is 3.80. The van der Waals surface area contributed by atoms with Crippen LogP contribution in [0.3, 0.4) is 0 Å². The molecular weight excluding hydrogens is 257 g/mol. The van der Waals surface area contributed by atoms with Gasteiger partial charge in [-0.2, -0.15) is 0 Å². The minimum absolute atomic E-state index is 0.155. The van der Waals surface area contributed by atoms with Crippen molar-refractivity contribution in [3.8, 4) is 0 Å². The molecule has 0 aliphatic carbocycles. The van der Waals surface area contributed by atoms with Crippen molar-refractivity contribution in [2.24, 2.45) is 5.92 Å². The standard InChI is InChI=1S/C15H22FN3O/c1-11-4-7-19(8-5-11)9-6-15(20)18-14-10-12(17)2-3-13(14)16/h2-3,10-11H,4-9,17H2,1H3,(H,18,20). The van der Waals surface area contributed by atoms with Crippen molar-refractivity contribution in [3.63, 3.8) is 0 Å². The van der Waals surface area contributed by atoms with Gasteiger partial charge in [-0.25, -0.2) is 4.39 Å². The van der Waals surface area contributed by atoms with Gasteiger partial charge in [0.1, 0.15) is 5.82 Å². The lowest BCUT2D eigenvalue weighted by atomic mass is 9.99. The fourth-order valence-electron chi connectivity index (χ4n) is 2.40. The minimum Gasteiger partial charge on any atom is -0.399 e. The normalized spacial score (nSPS) is 17.1. The third-order valence-electron chi connectivity index (χ3n) is 3.80. The van der Waals surface area contributed by atoms with Crippen LogP contribution in [0.2, 0.25) is 0 Å². The number of hydrogen-bond donors (Lipinski definition) is 2. The van der Waals surface area contributed by atoms with Crippen molar-refractivity contribution < 1.29 is 9.18 Å². The average molecular weight is 279 g/mol. The van der Waals surface area contributed by atoms with E-state index in [0.29, 0.717) is 12.1 Å². The highest BCUT2D eigenvalue weighted by atomic mass is 19.1. The van der Waals surface area contributed by atoms with E-state index < -0.39 is 5.82 Å². The Morgan fingerprint density at radius 3 is 2.85 bits per heavy atom. The number of benzene rings is 1. The zero-order chi connectivity index (χ0) is 14.5. The summed E-state index contributed by atoms with van der Waals surface area (Å²) in [6, 6.07) is 4.17. The third kappa shape index (κ3) is 4.20. The number of nitrogens with one attached hydrogen (secondary N) is 1. The summed E-state index contributed by atoms with van der Waals surface area (Å²) in [6.45, 7) is 5.07. The first kappa shape index (κ1) is 14.8. The number of nitrogens with zero attached hydrogens (tertiary/aromatic N) is 1. The number of nitrogens with two attached hydrogens (primary N) is 1. The smallest absolute Gasteiger partial charge is 0.225 e. The number of amides is 1. The molecule has 0 saturated carbocycles. The highest BCUT2D eigenvalue weighted by Gasteiger charge is 2.16. The minimum atomic E-state index is -0.459. The molecule has 1 aromatic carbocycles. The van der Waals surface area contributed by atoms with Crippen LogP contribution in [0.15, 0.2) is 18.2 Å². The molecule has 1 aliphatic heterocycles. The van der Waals surface area contributed by atoms with Crippen molar-refractivity contribution in [1.82, 2.24) is 4.90 Å². The van der Waals surface area contributed by atoms with E-state index in [-0.39, 0.29) is 11.6 Å². The summed E-state index contributed by atoms with van der Waals surface area (Å²) in [5.74, 6) is 0.147. The fourth-order valence-corrected chi connectivity index (χ4v) is 2.40. The summed E-state index contributed by atoms with van der Waals surface area (Å²) in [5.41, 5.74) is 6.17. The van der Waals surface area contributed by atoms with Gasteiger partial charge >= 0.3 is 0 Å². The Labute approximate surface area is 119 Å². The molecule has 0 aromatic heterocycles. The summed E-state index contributed by atoms with van der Waals surface area (Å²) in [6.07, 6.45) is 2.75. The Morgan fingerprint density at radius 1 is 1.45 bits per heavy atom. The van der Waals surface area contributed by atoms with Crippen molar-refractivity contribution in [3.05, 3.63) is 24.0 Å². The van der Waals surface area contributed by atoms with Crippen molar-refractivity contribution in [2.75, 3.05) is 30.7 Å². The molecule has 2 rings (SSSR count). The largest absolute Gasteiger partial charge is 0.399 e. The number of piperidine rings is 1. The molecule has 1 fully saturated rings. The van der Waals surface area contributed by atoms with Gasteiger partial charge in [-0.1, -0.05) is 6.92 Å². The quantitative estimate of drug-likeness (QED) is 0.832. The second-order valence-corrected chi connectivity index (χ2v) is 5.56. The van der Waals surface area contributed by atoms with E-state index in [0.717, 1.165) is 25.6 Å². The molecule has 1 saturated heterocycles.